The van der Waals surface area contributed by atoms with Crippen LogP contribution in [0.3, 0.4) is 0 Å². The summed E-state index contributed by atoms with van der Waals surface area (Å²) < 4.78 is 34.0. The highest BCUT2D eigenvalue weighted by Crippen LogP contribution is 2.36. The monoisotopic (exact) mass is 453 g/mol. The van der Waals surface area contributed by atoms with E-state index in [-0.39, 0.29) is 23.2 Å². The van der Waals surface area contributed by atoms with E-state index in [1.54, 1.807) is 12.1 Å². The number of H-pyrrole nitrogens is 1. The number of hydrogen-bond donors (Lipinski definition) is 2. The van der Waals surface area contributed by atoms with Crippen molar-refractivity contribution >= 4 is 22.5 Å². The second-order valence-electron chi connectivity index (χ2n) is 9.22. The Balaban J connectivity index is 1.29. The summed E-state index contributed by atoms with van der Waals surface area (Å²) >= 11 is 0. The summed E-state index contributed by atoms with van der Waals surface area (Å²) in [7, 11) is 0. The molecule has 5 nitrogen and oxygen atoms in total. The number of carbonyl (C=O) groups excluding carboxylic acids is 1. The largest absolute Gasteiger partial charge is 0.379 e. The van der Waals surface area contributed by atoms with Gasteiger partial charge in [0.2, 0.25) is 0 Å². The normalized spacial score (nSPS) is 21.9. The maximum atomic E-state index is 14.4. The standard InChI is InChI=1S/C26H29F2N3O2/c1-16-2-7-23(28)22-15-24(30-25(16)22)26(32)29-20-13-18(12-19(27)14-20)17-3-5-21(6-4-17)31-8-10-33-11-9-31/h2,7,12-15,17,21,30H,3-6,8-11H2,1H3,(H,29,32)/t17-,21+. The van der Waals surface area contributed by atoms with Crippen molar-refractivity contribution in [3.8, 4) is 0 Å². The predicted octanol–water partition coefficient (Wildman–Crippen LogP) is 5.37. The van der Waals surface area contributed by atoms with E-state index in [0.29, 0.717) is 22.6 Å². The molecule has 2 aliphatic rings. The molecule has 2 aromatic carbocycles. The lowest BCUT2D eigenvalue weighted by Crippen LogP contribution is -2.44. The van der Waals surface area contributed by atoms with Crippen LogP contribution in [0.15, 0.2) is 36.4 Å². The molecule has 1 saturated carbocycles. The number of aromatic nitrogens is 1. The van der Waals surface area contributed by atoms with E-state index in [1.165, 1.54) is 18.2 Å². The van der Waals surface area contributed by atoms with Crippen LogP contribution < -0.4 is 5.32 Å². The molecule has 174 valence electrons. The first-order valence-corrected chi connectivity index (χ1v) is 11.7. The first kappa shape index (κ1) is 22.0. The van der Waals surface area contributed by atoms with Crippen LogP contribution >= 0.6 is 0 Å². The smallest absolute Gasteiger partial charge is 0.272 e. The molecule has 1 aromatic heterocycles. The van der Waals surface area contributed by atoms with Crippen molar-refractivity contribution in [2.24, 2.45) is 0 Å². The van der Waals surface area contributed by atoms with E-state index >= 15 is 0 Å². The van der Waals surface area contributed by atoms with Crippen LogP contribution in [0.5, 0.6) is 0 Å². The number of ether oxygens (including phenoxy) is 1. The van der Waals surface area contributed by atoms with Gasteiger partial charge in [-0.3, -0.25) is 9.69 Å². The third-order valence-corrected chi connectivity index (χ3v) is 7.10. The second kappa shape index (κ2) is 9.23. The number of carbonyl (C=O) groups is 1. The van der Waals surface area contributed by atoms with Crippen LogP contribution in [-0.2, 0) is 4.74 Å². The first-order valence-electron chi connectivity index (χ1n) is 11.7. The van der Waals surface area contributed by atoms with E-state index < -0.39 is 5.91 Å². The molecule has 7 heteroatoms. The maximum Gasteiger partial charge on any atom is 0.272 e. The van der Waals surface area contributed by atoms with Crippen molar-refractivity contribution in [3.05, 3.63) is 64.9 Å². The molecule has 0 spiro atoms. The van der Waals surface area contributed by atoms with Gasteiger partial charge in [0, 0.05) is 30.2 Å². The topological polar surface area (TPSA) is 57.4 Å². The van der Waals surface area contributed by atoms with Crippen molar-refractivity contribution in [2.45, 2.75) is 44.6 Å². The van der Waals surface area contributed by atoms with Crippen molar-refractivity contribution < 1.29 is 18.3 Å². The molecule has 1 aliphatic carbocycles. The predicted molar refractivity (Wildman–Crippen MR) is 125 cm³/mol. The van der Waals surface area contributed by atoms with Crippen LogP contribution in [0.1, 0.15) is 53.2 Å². The SMILES string of the molecule is Cc1ccc(F)c2cc(C(=O)Nc3cc(F)cc([C@H]4CC[C@@H](N5CCOCC5)CC4)c3)[nH]c12. The van der Waals surface area contributed by atoms with Gasteiger partial charge in [-0.2, -0.15) is 0 Å². The molecule has 3 aromatic rings. The number of nitrogens with one attached hydrogen (secondary N) is 2. The number of aryl methyl sites for hydroxylation is 1. The molecular formula is C26H29F2N3O2. The number of rotatable bonds is 4. The molecule has 33 heavy (non-hydrogen) atoms. The van der Waals surface area contributed by atoms with Gasteiger partial charge in [-0.05, 0) is 80.0 Å². The summed E-state index contributed by atoms with van der Waals surface area (Å²) in [6.45, 7) is 5.43. The molecule has 0 radical (unpaired) electrons. The third kappa shape index (κ3) is 4.66. The molecular weight excluding hydrogens is 424 g/mol. The number of aromatic amines is 1. The van der Waals surface area contributed by atoms with E-state index in [2.05, 4.69) is 15.2 Å². The molecule has 0 bridgehead atoms. The number of fused-ring (bicyclic) bond motifs is 1. The summed E-state index contributed by atoms with van der Waals surface area (Å²) in [5.41, 5.74) is 3.03. The second-order valence-corrected chi connectivity index (χ2v) is 9.22. The zero-order valence-corrected chi connectivity index (χ0v) is 18.8. The van der Waals surface area contributed by atoms with Gasteiger partial charge in [0.15, 0.2) is 0 Å². The maximum absolute atomic E-state index is 14.4. The third-order valence-electron chi connectivity index (χ3n) is 7.10. The lowest BCUT2D eigenvalue weighted by atomic mass is 9.81. The molecule has 0 atom stereocenters. The number of benzene rings is 2. The highest BCUT2D eigenvalue weighted by Gasteiger charge is 2.28. The summed E-state index contributed by atoms with van der Waals surface area (Å²) in [6, 6.07) is 9.91. The van der Waals surface area contributed by atoms with Gasteiger partial charge in [0.1, 0.15) is 17.3 Å². The van der Waals surface area contributed by atoms with E-state index in [1.807, 2.05) is 13.0 Å². The highest BCUT2D eigenvalue weighted by atomic mass is 19.1. The Bertz CT molecular complexity index is 1120. The van der Waals surface area contributed by atoms with Crippen LogP contribution in [0.25, 0.3) is 10.9 Å². The Hall–Kier alpha value is -2.77. The van der Waals surface area contributed by atoms with Gasteiger partial charge in [-0.25, -0.2) is 8.78 Å². The number of amides is 1. The quantitative estimate of drug-likeness (QED) is 0.559. The fourth-order valence-corrected chi connectivity index (χ4v) is 5.28. The van der Waals surface area contributed by atoms with Crippen molar-refractivity contribution in [1.29, 1.82) is 0 Å². The van der Waals surface area contributed by atoms with E-state index in [0.717, 1.165) is 63.1 Å². The van der Waals surface area contributed by atoms with E-state index in [4.69, 9.17) is 4.74 Å². The Morgan fingerprint density at radius 1 is 1.06 bits per heavy atom. The molecule has 2 N–H and O–H groups in total. The van der Waals surface area contributed by atoms with Gasteiger partial charge < -0.3 is 15.0 Å². The summed E-state index contributed by atoms with van der Waals surface area (Å²) in [6.07, 6.45) is 4.17. The lowest BCUT2D eigenvalue weighted by molar-refractivity contribution is 0.00729. The highest BCUT2D eigenvalue weighted by molar-refractivity contribution is 6.06. The molecule has 1 saturated heterocycles. The van der Waals surface area contributed by atoms with Gasteiger partial charge in [-0.15, -0.1) is 0 Å². The fraction of sp³-hybridized carbons (Fsp3) is 0.423. The number of morpholine rings is 1. The Kier molecular flexibility index (Phi) is 6.17. The number of hydrogen-bond acceptors (Lipinski definition) is 3. The zero-order chi connectivity index (χ0) is 22.9. The Labute approximate surface area is 192 Å². The van der Waals surface area contributed by atoms with Crippen LogP contribution in [0.4, 0.5) is 14.5 Å². The van der Waals surface area contributed by atoms with Crippen LogP contribution in [0, 0.1) is 18.6 Å². The summed E-state index contributed by atoms with van der Waals surface area (Å²) in [4.78, 5) is 18.3. The molecule has 2 heterocycles. The molecule has 5 rings (SSSR count). The summed E-state index contributed by atoms with van der Waals surface area (Å²) in [5, 5.41) is 3.16. The minimum absolute atomic E-state index is 0.245. The molecule has 1 amide bonds. The van der Waals surface area contributed by atoms with Crippen molar-refractivity contribution in [2.75, 3.05) is 31.6 Å². The van der Waals surface area contributed by atoms with Crippen molar-refractivity contribution in [1.82, 2.24) is 9.88 Å². The Morgan fingerprint density at radius 3 is 2.55 bits per heavy atom. The Morgan fingerprint density at radius 2 is 1.82 bits per heavy atom. The first-order chi connectivity index (χ1) is 16.0. The van der Waals surface area contributed by atoms with Crippen LogP contribution in [0.2, 0.25) is 0 Å². The molecule has 1 aliphatic heterocycles. The fourth-order valence-electron chi connectivity index (χ4n) is 5.28. The van der Waals surface area contributed by atoms with Gasteiger partial charge >= 0.3 is 0 Å². The molecule has 0 unspecified atom stereocenters. The summed E-state index contributed by atoms with van der Waals surface area (Å²) in [5.74, 6) is -0.890. The number of halogens is 2. The lowest BCUT2D eigenvalue weighted by Gasteiger charge is -2.39. The number of anilines is 1. The molecule has 2 fully saturated rings. The number of nitrogens with zero attached hydrogens (tertiary/aromatic N) is 1. The minimum atomic E-state index is -0.419. The van der Waals surface area contributed by atoms with Gasteiger partial charge in [-0.1, -0.05) is 6.07 Å². The average molecular weight is 454 g/mol. The average Bonchev–Trinajstić information content (AvgIpc) is 3.29. The zero-order valence-electron chi connectivity index (χ0n) is 18.8. The van der Waals surface area contributed by atoms with Gasteiger partial charge in [0.05, 0.1) is 18.7 Å². The van der Waals surface area contributed by atoms with E-state index in [9.17, 15) is 13.6 Å². The minimum Gasteiger partial charge on any atom is -0.379 e. The van der Waals surface area contributed by atoms with Crippen LogP contribution in [-0.4, -0.2) is 48.1 Å². The van der Waals surface area contributed by atoms with Crippen molar-refractivity contribution in [3.63, 3.8) is 0 Å². The van der Waals surface area contributed by atoms with Gasteiger partial charge in [0.25, 0.3) is 5.91 Å².